The lowest BCUT2D eigenvalue weighted by atomic mass is 10.0. The fraction of sp³-hybridized carbons (Fsp3) is 0.508. The van der Waals surface area contributed by atoms with Crippen molar-refractivity contribution in [3.8, 4) is 17.2 Å². The third-order valence-electron chi connectivity index (χ3n) is 13.5. The number of nitriles is 1. The maximum Gasteiger partial charge on any atom is 0.305 e. The number of nitrogens with zero attached hydrogens (tertiary/aromatic N) is 5. The SMILES string of the molecule is CCCN(Cc1ccc(C/N=C(/NCCOCCOCCOCCOCCOCCOCCOCCOCCOCCOCCC(=O)O)Nc2cccc(C#N)c2)cc1)C(=O)C1=Cc2ccc(-c3cccc(S(=O)(=O)N4CC(CO)C4)c3)cc2N=C(N)C1. The number of carboxylic acids is 1. The number of hydrogen-bond acceptors (Lipinski definition) is 19. The molecule has 0 aromatic heterocycles. The maximum atomic E-state index is 14.3. The molecule has 0 bridgehead atoms. The van der Waals surface area contributed by atoms with Crippen molar-refractivity contribution in [1.82, 2.24) is 14.5 Å². The molecule has 2 heterocycles. The number of carbonyl (C=O) groups excluding carboxylic acids is 1. The van der Waals surface area contributed by atoms with Crippen LogP contribution in [0.3, 0.4) is 0 Å². The highest BCUT2D eigenvalue weighted by molar-refractivity contribution is 7.89. The molecule has 0 saturated carbocycles. The molecule has 0 radical (unpaired) electrons. The molecule has 1 saturated heterocycles. The van der Waals surface area contributed by atoms with Crippen molar-refractivity contribution >= 4 is 51.1 Å². The first-order valence-corrected chi connectivity index (χ1v) is 31.2. The van der Waals surface area contributed by atoms with Crippen LogP contribution in [0.2, 0.25) is 0 Å². The Labute approximate surface area is 516 Å². The monoisotopic (exact) mass is 1240 g/mol. The third-order valence-corrected chi connectivity index (χ3v) is 15.3. The molecule has 2 aliphatic heterocycles. The topological polar surface area (TPSA) is 306 Å². The van der Waals surface area contributed by atoms with Gasteiger partial charge in [-0.2, -0.15) is 9.57 Å². The fourth-order valence-corrected chi connectivity index (χ4v) is 10.5. The van der Waals surface area contributed by atoms with Gasteiger partial charge in [0.2, 0.25) is 10.0 Å². The van der Waals surface area contributed by atoms with Crippen LogP contribution in [-0.4, -0.2) is 216 Å². The Morgan fingerprint density at radius 2 is 1.24 bits per heavy atom. The van der Waals surface area contributed by atoms with Gasteiger partial charge in [0.1, 0.15) is 5.84 Å². The van der Waals surface area contributed by atoms with Gasteiger partial charge in [0.25, 0.3) is 5.91 Å². The molecule has 480 valence electrons. The number of nitrogens with two attached hydrogens (primary N) is 1. The maximum absolute atomic E-state index is 14.3. The van der Waals surface area contributed by atoms with E-state index in [2.05, 4.69) is 21.7 Å². The quantitative estimate of drug-likeness (QED) is 0.0214. The zero-order valence-corrected chi connectivity index (χ0v) is 51.2. The molecule has 2 aliphatic rings. The van der Waals surface area contributed by atoms with Gasteiger partial charge >= 0.3 is 5.97 Å². The number of carboxylic acid groups (broad SMARTS) is 1. The number of amidine groups is 1. The number of hydrogen-bond donors (Lipinski definition) is 5. The zero-order valence-electron chi connectivity index (χ0n) is 50.4. The standard InChI is InChI=1S/C63H86N8O16S/c1-2-17-70(62(75)56-39-55-14-13-54(41-59(55)69-60(65)42-56)53-6-4-8-58(40-53)88(76,77)71-46-52(47-71)48-72)45-50-11-9-49(10-12-50)44-67-63(68-57-7-3-5-51(38-57)43-64)66-16-19-79-21-23-81-25-27-83-29-31-85-33-35-87-37-36-86-34-32-84-30-28-82-26-24-80-22-20-78-18-15-61(73)74/h3-14,38-41,52,72H,2,15-37,42,44-48H2,1H3,(H2,65,69)(H,73,74)(H2,66,67,68). The molecule has 4 aromatic carbocycles. The predicted octanol–water partition coefficient (Wildman–Crippen LogP) is 5.25. The molecule has 0 spiro atoms. The van der Waals surface area contributed by atoms with Crippen LogP contribution < -0.4 is 16.4 Å². The Bertz CT molecular complexity index is 2970. The lowest BCUT2D eigenvalue weighted by Crippen LogP contribution is -2.51. The van der Waals surface area contributed by atoms with E-state index in [0.29, 0.717) is 186 Å². The summed E-state index contributed by atoms with van der Waals surface area (Å²) in [6.45, 7) is 12.5. The fourth-order valence-electron chi connectivity index (χ4n) is 8.82. The summed E-state index contributed by atoms with van der Waals surface area (Å²) in [5.41, 5.74) is 12.8. The highest BCUT2D eigenvalue weighted by Gasteiger charge is 2.36. The van der Waals surface area contributed by atoms with Gasteiger partial charge in [-0.25, -0.2) is 18.4 Å². The van der Waals surface area contributed by atoms with Gasteiger partial charge in [0.05, 0.1) is 167 Å². The average Bonchev–Trinajstić information content (AvgIpc) is 1.92. The number of aliphatic carboxylic acids is 1. The van der Waals surface area contributed by atoms with Gasteiger partial charge in [-0.3, -0.25) is 9.59 Å². The van der Waals surface area contributed by atoms with Crippen molar-refractivity contribution in [3.63, 3.8) is 0 Å². The number of aliphatic hydroxyl groups is 1. The summed E-state index contributed by atoms with van der Waals surface area (Å²) in [6.07, 6.45) is 2.73. The van der Waals surface area contributed by atoms with Crippen LogP contribution in [-0.2, 0) is 80.1 Å². The molecule has 24 nitrogen and oxygen atoms in total. The van der Waals surface area contributed by atoms with Gasteiger partial charge in [-0.15, -0.1) is 0 Å². The number of aliphatic imine (C=N–C) groups is 2. The van der Waals surface area contributed by atoms with E-state index in [4.69, 9.17) is 63.2 Å². The number of anilines is 1. The van der Waals surface area contributed by atoms with Crippen molar-refractivity contribution in [2.75, 3.05) is 170 Å². The number of rotatable bonds is 45. The molecule has 0 aliphatic carbocycles. The van der Waals surface area contributed by atoms with Crippen LogP contribution in [0.5, 0.6) is 0 Å². The third kappa shape index (κ3) is 26.1. The molecule has 1 amide bonds. The van der Waals surface area contributed by atoms with E-state index in [0.717, 1.165) is 28.7 Å². The van der Waals surface area contributed by atoms with Gasteiger partial charge in [-0.1, -0.05) is 61.5 Å². The highest BCUT2D eigenvalue weighted by Crippen LogP contribution is 2.34. The molecule has 0 atom stereocenters. The Balaban J connectivity index is 0.829. The Hall–Kier alpha value is -6.74. The van der Waals surface area contributed by atoms with Crippen molar-refractivity contribution in [1.29, 1.82) is 5.26 Å². The van der Waals surface area contributed by atoms with Crippen molar-refractivity contribution in [2.45, 2.75) is 44.2 Å². The molecule has 6 N–H and O–H groups in total. The van der Waals surface area contributed by atoms with Gasteiger partial charge < -0.3 is 78.8 Å². The van der Waals surface area contributed by atoms with Crippen molar-refractivity contribution in [3.05, 3.63) is 119 Å². The van der Waals surface area contributed by atoms with Gasteiger partial charge in [-0.05, 0) is 71.1 Å². The summed E-state index contributed by atoms with van der Waals surface area (Å²) in [4.78, 5) is 36.2. The molecule has 0 unspecified atom stereocenters. The second-order valence-corrected chi connectivity index (χ2v) is 22.3. The summed E-state index contributed by atoms with van der Waals surface area (Å²) in [5, 5.41) is 34.1. The minimum atomic E-state index is -3.71. The molecule has 88 heavy (non-hydrogen) atoms. The number of amides is 1. The lowest BCUT2D eigenvalue weighted by molar-refractivity contribution is -0.138. The van der Waals surface area contributed by atoms with E-state index in [-0.39, 0.29) is 61.7 Å². The van der Waals surface area contributed by atoms with E-state index in [1.54, 1.807) is 36.4 Å². The highest BCUT2D eigenvalue weighted by atomic mass is 32.2. The molecule has 4 aromatic rings. The smallest absolute Gasteiger partial charge is 0.305 e. The lowest BCUT2D eigenvalue weighted by Gasteiger charge is -2.36. The van der Waals surface area contributed by atoms with Crippen LogP contribution in [0.4, 0.5) is 11.4 Å². The number of benzene rings is 4. The van der Waals surface area contributed by atoms with Crippen LogP contribution in [0.15, 0.2) is 111 Å². The predicted molar refractivity (Wildman–Crippen MR) is 332 cm³/mol. The Morgan fingerprint density at radius 1 is 0.705 bits per heavy atom. The van der Waals surface area contributed by atoms with E-state index >= 15 is 0 Å². The van der Waals surface area contributed by atoms with Crippen molar-refractivity contribution < 1.29 is 75.6 Å². The largest absolute Gasteiger partial charge is 0.481 e. The van der Waals surface area contributed by atoms with E-state index in [9.17, 15) is 28.4 Å². The summed E-state index contributed by atoms with van der Waals surface area (Å²) < 4.78 is 83.0. The van der Waals surface area contributed by atoms with E-state index in [1.165, 1.54) is 4.31 Å². The summed E-state index contributed by atoms with van der Waals surface area (Å²) in [5.74, 6) is -0.286. The number of sulfonamides is 1. The van der Waals surface area contributed by atoms with Crippen LogP contribution in [0.1, 0.15) is 48.4 Å². The molecule has 6 rings (SSSR count). The Kier molecular flexibility index (Phi) is 32.6. The first kappa shape index (κ1) is 70.3. The van der Waals surface area contributed by atoms with Gasteiger partial charge in [0.15, 0.2) is 5.96 Å². The number of ether oxygens (including phenoxy) is 10. The number of guanidine groups is 1. The van der Waals surface area contributed by atoms with E-state index < -0.39 is 16.0 Å². The minimum absolute atomic E-state index is 0.0194. The summed E-state index contributed by atoms with van der Waals surface area (Å²) in [6, 6.07) is 29.7. The molecular weight excluding hydrogens is 1160 g/mol. The summed E-state index contributed by atoms with van der Waals surface area (Å²) >= 11 is 0. The average molecular weight is 1240 g/mol. The molecule has 25 heteroatoms. The number of carbonyl (C=O) groups is 2. The van der Waals surface area contributed by atoms with Crippen LogP contribution >= 0.6 is 0 Å². The Morgan fingerprint density at radius 3 is 1.78 bits per heavy atom. The number of nitrogens with one attached hydrogen (secondary N) is 2. The second kappa shape index (κ2) is 40.7. The van der Waals surface area contributed by atoms with Crippen LogP contribution in [0, 0.1) is 17.2 Å². The molecular formula is C63H86N8O16S. The minimum Gasteiger partial charge on any atom is -0.481 e. The number of aliphatic hydroxyl groups excluding tert-OH is 1. The van der Waals surface area contributed by atoms with Crippen LogP contribution in [0.25, 0.3) is 17.2 Å². The first-order valence-electron chi connectivity index (χ1n) is 29.8. The zero-order chi connectivity index (χ0) is 62.4. The van der Waals surface area contributed by atoms with Crippen molar-refractivity contribution in [2.24, 2.45) is 21.6 Å². The van der Waals surface area contributed by atoms with E-state index in [1.807, 2.05) is 72.5 Å². The normalized spacial score (nSPS) is 13.7. The van der Waals surface area contributed by atoms with Gasteiger partial charge in [0, 0.05) is 68.5 Å². The molecule has 1 fully saturated rings. The number of fused-ring (bicyclic) bond motifs is 1. The first-order chi connectivity index (χ1) is 42.9. The summed E-state index contributed by atoms with van der Waals surface area (Å²) in [7, 11) is -3.71. The second-order valence-electron chi connectivity index (χ2n) is 20.3.